The van der Waals surface area contributed by atoms with Crippen molar-refractivity contribution in [2.75, 3.05) is 7.11 Å². The number of hydrogen-bond acceptors (Lipinski definition) is 3. The highest BCUT2D eigenvalue weighted by Crippen LogP contribution is 2.37. The predicted octanol–water partition coefficient (Wildman–Crippen LogP) is 5.11. The lowest BCUT2D eigenvalue weighted by atomic mass is 10.2. The second-order valence-corrected chi connectivity index (χ2v) is 5.31. The summed E-state index contributed by atoms with van der Waals surface area (Å²) in [5.41, 5.74) is 1.04. The van der Waals surface area contributed by atoms with Crippen molar-refractivity contribution in [1.29, 1.82) is 5.26 Å². The minimum absolute atomic E-state index is 0.139. The third-order valence-corrected chi connectivity index (χ3v) is 3.77. The molecule has 2 aromatic rings. The van der Waals surface area contributed by atoms with Gasteiger partial charge < -0.3 is 9.47 Å². The number of nitrogens with zero attached hydrogens (tertiary/aromatic N) is 1. The molecule has 21 heavy (non-hydrogen) atoms. The first kappa shape index (κ1) is 15.8. The first-order chi connectivity index (χ1) is 10.1. The Balaban J connectivity index is 2.30. The van der Waals surface area contributed by atoms with Crippen LogP contribution in [0, 0.1) is 11.3 Å². The maximum absolute atomic E-state index is 8.91. The maximum atomic E-state index is 8.91. The molecule has 0 aliphatic carbocycles. The normalized spacial score (nSPS) is 10.0. The quantitative estimate of drug-likeness (QED) is 0.775. The molecule has 0 heterocycles. The zero-order valence-corrected chi connectivity index (χ0v) is 13.3. The van der Waals surface area contributed by atoms with Crippen molar-refractivity contribution in [3.05, 3.63) is 56.5 Å². The molecule has 0 spiro atoms. The molecule has 0 radical (unpaired) electrons. The van der Waals surface area contributed by atoms with Gasteiger partial charge in [0, 0.05) is 21.7 Å². The van der Waals surface area contributed by atoms with E-state index in [0.717, 1.165) is 0 Å². The molecule has 0 fully saturated rings. The van der Waals surface area contributed by atoms with Gasteiger partial charge in [-0.25, -0.2) is 0 Å². The molecule has 0 N–H and O–H groups in total. The molecule has 0 aliphatic rings. The Bertz CT molecular complexity index is 691. The first-order valence-electron chi connectivity index (χ1n) is 5.90. The number of methoxy groups -OCH3 is 1. The van der Waals surface area contributed by atoms with E-state index in [1.54, 1.807) is 24.3 Å². The van der Waals surface area contributed by atoms with Gasteiger partial charge in [-0.3, -0.25) is 0 Å². The summed E-state index contributed by atoms with van der Waals surface area (Å²) < 4.78 is 10.9. The smallest absolute Gasteiger partial charge is 0.180 e. The minimum Gasteiger partial charge on any atom is -0.493 e. The molecule has 0 atom stereocenters. The lowest BCUT2D eigenvalue weighted by Crippen LogP contribution is -2.00. The van der Waals surface area contributed by atoms with Gasteiger partial charge in [-0.1, -0.05) is 40.9 Å². The Morgan fingerprint density at radius 3 is 2.33 bits per heavy atom. The molecular weight excluding hydrogens is 333 g/mol. The van der Waals surface area contributed by atoms with E-state index in [1.807, 2.05) is 6.07 Å². The second-order valence-electron chi connectivity index (χ2n) is 4.09. The highest BCUT2D eigenvalue weighted by molar-refractivity contribution is 6.36. The fourth-order valence-corrected chi connectivity index (χ4v) is 2.51. The number of ether oxygens (including phenoxy) is 2. The van der Waals surface area contributed by atoms with Crippen LogP contribution in [0.15, 0.2) is 30.3 Å². The predicted molar refractivity (Wildman–Crippen MR) is 83.5 cm³/mol. The van der Waals surface area contributed by atoms with E-state index in [0.29, 0.717) is 32.7 Å². The minimum atomic E-state index is 0.139. The molecule has 0 unspecified atom stereocenters. The molecule has 0 aliphatic heterocycles. The molecule has 108 valence electrons. The van der Waals surface area contributed by atoms with E-state index < -0.39 is 0 Å². The van der Waals surface area contributed by atoms with E-state index >= 15 is 0 Å². The summed E-state index contributed by atoms with van der Waals surface area (Å²) in [4.78, 5) is 0. The number of rotatable bonds is 4. The molecule has 0 amide bonds. The van der Waals surface area contributed by atoms with Gasteiger partial charge >= 0.3 is 0 Å². The summed E-state index contributed by atoms with van der Waals surface area (Å²) in [6, 6.07) is 10.3. The Hall–Kier alpha value is -1.60. The van der Waals surface area contributed by atoms with Crippen molar-refractivity contribution >= 4 is 34.8 Å². The fourth-order valence-electron chi connectivity index (χ4n) is 1.74. The van der Waals surface area contributed by atoms with Crippen LogP contribution in [0.5, 0.6) is 11.5 Å². The topological polar surface area (TPSA) is 42.2 Å². The van der Waals surface area contributed by atoms with Crippen LogP contribution < -0.4 is 9.47 Å². The summed E-state index contributed by atoms with van der Waals surface area (Å²) >= 11 is 18.3. The van der Waals surface area contributed by atoms with Crippen LogP contribution in [0.25, 0.3) is 0 Å². The summed E-state index contributed by atoms with van der Waals surface area (Å²) in [6.45, 7) is 0.139. The van der Waals surface area contributed by atoms with Crippen molar-refractivity contribution in [2.24, 2.45) is 0 Å². The van der Waals surface area contributed by atoms with E-state index in [2.05, 4.69) is 0 Å². The van der Waals surface area contributed by atoms with Gasteiger partial charge in [-0.05, 0) is 18.2 Å². The van der Waals surface area contributed by atoms with Crippen LogP contribution in [0.4, 0.5) is 0 Å². The zero-order valence-electron chi connectivity index (χ0n) is 11.0. The summed E-state index contributed by atoms with van der Waals surface area (Å²) in [6.07, 6.45) is 0. The molecular formula is C15H10Cl3NO2. The SMILES string of the molecule is COc1cc(C#N)cc(Cl)c1OCc1c(Cl)cccc1Cl. The van der Waals surface area contributed by atoms with E-state index in [1.165, 1.54) is 13.2 Å². The molecule has 3 nitrogen and oxygen atoms in total. The van der Waals surface area contributed by atoms with Gasteiger partial charge in [0.2, 0.25) is 0 Å². The van der Waals surface area contributed by atoms with Gasteiger partial charge in [0.25, 0.3) is 0 Å². The first-order valence-corrected chi connectivity index (χ1v) is 7.03. The maximum Gasteiger partial charge on any atom is 0.180 e. The van der Waals surface area contributed by atoms with Gasteiger partial charge in [-0.15, -0.1) is 0 Å². The van der Waals surface area contributed by atoms with Crippen LogP contribution in [-0.2, 0) is 6.61 Å². The Labute approximate surface area is 137 Å². The van der Waals surface area contributed by atoms with Crippen molar-refractivity contribution in [2.45, 2.75) is 6.61 Å². The Morgan fingerprint density at radius 1 is 1.10 bits per heavy atom. The molecule has 2 aromatic carbocycles. The summed E-state index contributed by atoms with van der Waals surface area (Å²) in [5, 5.41) is 10.2. The Kier molecular flexibility index (Phi) is 5.19. The van der Waals surface area contributed by atoms with Gasteiger partial charge in [0.15, 0.2) is 11.5 Å². The van der Waals surface area contributed by atoms with Crippen LogP contribution in [0.1, 0.15) is 11.1 Å². The average molecular weight is 343 g/mol. The molecule has 0 aromatic heterocycles. The van der Waals surface area contributed by atoms with E-state index in [-0.39, 0.29) is 11.6 Å². The highest BCUT2D eigenvalue weighted by atomic mass is 35.5. The zero-order chi connectivity index (χ0) is 15.4. The van der Waals surface area contributed by atoms with Crippen molar-refractivity contribution in [3.8, 4) is 17.6 Å². The monoisotopic (exact) mass is 341 g/mol. The third-order valence-electron chi connectivity index (χ3n) is 2.78. The lowest BCUT2D eigenvalue weighted by molar-refractivity contribution is 0.285. The van der Waals surface area contributed by atoms with Crippen molar-refractivity contribution in [1.82, 2.24) is 0 Å². The average Bonchev–Trinajstić information content (AvgIpc) is 2.47. The van der Waals surface area contributed by atoms with Gasteiger partial charge in [-0.2, -0.15) is 5.26 Å². The number of hydrogen-bond donors (Lipinski definition) is 0. The Morgan fingerprint density at radius 2 is 1.76 bits per heavy atom. The van der Waals surface area contributed by atoms with E-state index in [4.69, 9.17) is 49.5 Å². The fraction of sp³-hybridized carbons (Fsp3) is 0.133. The molecule has 2 rings (SSSR count). The lowest BCUT2D eigenvalue weighted by Gasteiger charge is -2.14. The molecule has 0 bridgehead atoms. The van der Waals surface area contributed by atoms with Crippen LogP contribution in [0.2, 0.25) is 15.1 Å². The van der Waals surface area contributed by atoms with E-state index in [9.17, 15) is 0 Å². The second kappa shape index (κ2) is 6.91. The third kappa shape index (κ3) is 3.54. The van der Waals surface area contributed by atoms with Crippen molar-refractivity contribution < 1.29 is 9.47 Å². The van der Waals surface area contributed by atoms with Crippen LogP contribution >= 0.6 is 34.8 Å². The highest BCUT2D eigenvalue weighted by Gasteiger charge is 2.14. The van der Waals surface area contributed by atoms with Crippen LogP contribution in [-0.4, -0.2) is 7.11 Å². The van der Waals surface area contributed by atoms with Crippen molar-refractivity contribution in [3.63, 3.8) is 0 Å². The number of benzene rings is 2. The summed E-state index contributed by atoms with van der Waals surface area (Å²) in [7, 11) is 1.47. The largest absolute Gasteiger partial charge is 0.493 e. The molecule has 0 saturated carbocycles. The summed E-state index contributed by atoms with van der Waals surface area (Å²) in [5.74, 6) is 0.719. The van der Waals surface area contributed by atoms with Crippen LogP contribution in [0.3, 0.4) is 0 Å². The number of halogens is 3. The van der Waals surface area contributed by atoms with Gasteiger partial charge in [0.05, 0.1) is 23.8 Å². The van der Waals surface area contributed by atoms with Gasteiger partial charge in [0.1, 0.15) is 6.61 Å². The number of nitriles is 1. The molecule has 6 heteroatoms. The standard InChI is InChI=1S/C15H10Cl3NO2/c1-20-14-6-9(7-19)5-13(18)15(14)21-8-10-11(16)3-2-4-12(10)17/h2-6H,8H2,1H3. The molecule has 0 saturated heterocycles.